The Morgan fingerprint density at radius 1 is 1.30 bits per heavy atom. The van der Waals surface area contributed by atoms with Gasteiger partial charge >= 0.3 is 0 Å². The standard InChI is InChI=1S/C17H22O3/c1-3-4-5-9-15(18)10-7-6-8-14-11-12-17(20-2)16(19)13-14/h6-8,10-13,19H,3-5,9H2,1-2H3. The highest BCUT2D eigenvalue weighted by Crippen LogP contribution is 2.26. The first kappa shape index (κ1) is 16.0. The van der Waals surface area contributed by atoms with Crippen LogP contribution in [0.3, 0.4) is 0 Å². The molecule has 1 rings (SSSR count). The zero-order valence-corrected chi connectivity index (χ0v) is 12.1. The van der Waals surface area contributed by atoms with Crippen molar-refractivity contribution in [3.8, 4) is 11.5 Å². The number of aromatic hydroxyl groups is 1. The molecular weight excluding hydrogens is 252 g/mol. The third kappa shape index (κ3) is 5.74. The molecule has 0 fully saturated rings. The number of phenols is 1. The van der Waals surface area contributed by atoms with Crippen LogP contribution in [-0.2, 0) is 4.79 Å². The van der Waals surface area contributed by atoms with Gasteiger partial charge in [-0.2, -0.15) is 0 Å². The van der Waals surface area contributed by atoms with Gasteiger partial charge < -0.3 is 9.84 Å². The molecule has 0 atom stereocenters. The summed E-state index contributed by atoms with van der Waals surface area (Å²) in [4.78, 5) is 11.5. The predicted molar refractivity (Wildman–Crippen MR) is 82.0 cm³/mol. The van der Waals surface area contributed by atoms with E-state index < -0.39 is 0 Å². The van der Waals surface area contributed by atoms with Crippen LogP contribution in [0, 0.1) is 0 Å². The Balaban J connectivity index is 2.48. The van der Waals surface area contributed by atoms with Crippen molar-refractivity contribution in [1.29, 1.82) is 0 Å². The maximum absolute atomic E-state index is 11.5. The zero-order chi connectivity index (χ0) is 14.8. The van der Waals surface area contributed by atoms with Gasteiger partial charge in [0.25, 0.3) is 0 Å². The largest absolute Gasteiger partial charge is 0.504 e. The minimum atomic E-state index is 0.106. The van der Waals surface area contributed by atoms with Crippen LogP contribution < -0.4 is 4.74 Å². The number of ether oxygens (including phenoxy) is 1. The summed E-state index contributed by atoms with van der Waals surface area (Å²) in [7, 11) is 1.51. The fourth-order valence-electron chi connectivity index (χ4n) is 1.77. The van der Waals surface area contributed by atoms with E-state index >= 15 is 0 Å². The Labute approximate surface area is 120 Å². The molecule has 0 aliphatic heterocycles. The molecule has 0 aliphatic carbocycles. The van der Waals surface area contributed by atoms with E-state index in [9.17, 15) is 9.90 Å². The van der Waals surface area contributed by atoms with Gasteiger partial charge in [-0.15, -0.1) is 0 Å². The van der Waals surface area contributed by atoms with E-state index in [4.69, 9.17) is 4.74 Å². The number of rotatable bonds is 8. The van der Waals surface area contributed by atoms with E-state index in [2.05, 4.69) is 6.92 Å². The lowest BCUT2D eigenvalue weighted by Crippen LogP contribution is -1.91. The Hall–Kier alpha value is -2.03. The quantitative estimate of drug-likeness (QED) is 0.440. The van der Waals surface area contributed by atoms with Gasteiger partial charge in [-0.3, -0.25) is 4.79 Å². The summed E-state index contributed by atoms with van der Waals surface area (Å²) >= 11 is 0. The van der Waals surface area contributed by atoms with E-state index in [-0.39, 0.29) is 11.5 Å². The molecule has 0 radical (unpaired) electrons. The van der Waals surface area contributed by atoms with Crippen molar-refractivity contribution < 1.29 is 14.6 Å². The van der Waals surface area contributed by atoms with Crippen LogP contribution in [-0.4, -0.2) is 18.0 Å². The monoisotopic (exact) mass is 274 g/mol. The molecule has 0 aromatic heterocycles. The number of ketones is 1. The summed E-state index contributed by atoms with van der Waals surface area (Å²) in [5, 5.41) is 9.63. The van der Waals surface area contributed by atoms with E-state index in [0.29, 0.717) is 12.2 Å². The first-order valence-corrected chi connectivity index (χ1v) is 6.92. The van der Waals surface area contributed by atoms with Gasteiger partial charge in [0.15, 0.2) is 17.3 Å². The molecule has 0 saturated carbocycles. The molecular formula is C17H22O3. The number of carbonyl (C=O) groups excluding carboxylic acids is 1. The summed E-state index contributed by atoms with van der Waals surface area (Å²) in [5.74, 6) is 0.707. The van der Waals surface area contributed by atoms with E-state index in [1.54, 1.807) is 30.4 Å². The fraction of sp³-hybridized carbons (Fsp3) is 0.353. The summed E-state index contributed by atoms with van der Waals surface area (Å²) in [5.41, 5.74) is 0.853. The van der Waals surface area contributed by atoms with Gasteiger partial charge in [-0.05, 0) is 30.2 Å². The Bertz CT molecular complexity index is 487. The maximum atomic E-state index is 11.5. The van der Waals surface area contributed by atoms with Gasteiger partial charge in [0.1, 0.15) is 0 Å². The maximum Gasteiger partial charge on any atom is 0.160 e. The van der Waals surface area contributed by atoms with Crippen molar-refractivity contribution in [1.82, 2.24) is 0 Å². The molecule has 1 aromatic carbocycles. The van der Waals surface area contributed by atoms with Crippen molar-refractivity contribution in [3.63, 3.8) is 0 Å². The minimum Gasteiger partial charge on any atom is -0.504 e. The smallest absolute Gasteiger partial charge is 0.160 e. The molecule has 0 bridgehead atoms. The molecule has 3 nitrogen and oxygen atoms in total. The molecule has 1 aromatic rings. The molecule has 108 valence electrons. The van der Waals surface area contributed by atoms with Crippen molar-refractivity contribution >= 4 is 11.9 Å². The van der Waals surface area contributed by atoms with Crippen molar-refractivity contribution in [3.05, 3.63) is 42.0 Å². The third-order valence-electron chi connectivity index (χ3n) is 2.91. The van der Waals surface area contributed by atoms with Crippen LogP contribution in [0.5, 0.6) is 11.5 Å². The summed E-state index contributed by atoms with van der Waals surface area (Å²) in [6, 6.07) is 5.16. The minimum absolute atomic E-state index is 0.106. The van der Waals surface area contributed by atoms with Gasteiger partial charge in [0.05, 0.1) is 7.11 Å². The number of methoxy groups -OCH3 is 1. The zero-order valence-electron chi connectivity index (χ0n) is 12.1. The number of hydrogen-bond acceptors (Lipinski definition) is 3. The van der Waals surface area contributed by atoms with Crippen LogP contribution >= 0.6 is 0 Å². The van der Waals surface area contributed by atoms with Crippen LogP contribution in [0.15, 0.2) is 36.4 Å². The summed E-state index contributed by atoms with van der Waals surface area (Å²) in [6.07, 6.45) is 10.7. The van der Waals surface area contributed by atoms with Crippen LogP contribution in [0.2, 0.25) is 0 Å². The van der Waals surface area contributed by atoms with Gasteiger partial charge in [0.2, 0.25) is 0 Å². The van der Waals surface area contributed by atoms with Gasteiger partial charge in [-0.1, -0.05) is 44.1 Å². The number of benzene rings is 1. The highest BCUT2D eigenvalue weighted by atomic mass is 16.5. The summed E-state index contributed by atoms with van der Waals surface area (Å²) in [6.45, 7) is 2.12. The molecule has 0 aliphatic rings. The predicted octanol–water partition coefficient (Wildman–Crippen LogP) is 4.12. The molecule has 0 saturated heterocycles. The molecule has 3 heteroatoms. The second kappa shape index (κ2) is 8.97. The molecule has 0 spiro atoms. The highest BCUT2D eigenvalue weighted by molar-refractivity contribution is 5.89. The van der Waals surface area contributed by atoms with Crippen LogP contribution in [0.25, 0.3) is 6.08 Å². The van der Waals surface area contributed by atoms with Crippen molar-refractivity contribution in [2.24, 2.45) is 0 Å². The summed E-state index contributed by atoms with van der Waals surface area (Å²) < 4.78 is 4.97. The van der Waals surface area contributed by atoms with E-state index in [1.807, 2.05) is 12.1 Å². The fourth-order valence-corrected chi connectivity index (χ4v) is 1.77. The average Bonchev–Trinajstić information content (AvgIpc) is 2.44. The number of phenolic OH excluding ortho intramolecular Hbond substituents is 1. The SMILES string of the molecule is CCCCCC(=O)C=CC=Cc1ccc(OC)c(O)c1. The molecule has 20 heavy (non-hydrogen) atoms. The second-order valence-corrected chi connectivity index (χ2v) is 4.57. The number of allylic oxidation sites excluding steroid dienone is 3. The van der Waals surface area contributed by atoms with Gasteiger partial charge in [0, 0.05) is 6.42 Å². The number of hydrogen-bond donors (Lipinski definition) is 1. The molecule has 0 unspecified atom stereocenters. The van der Waals surface area contributed by atoms with Gasteiger partial charge in [-0.25, -0.2) is 0 Å². The van der Waals surface area contributed by atoms with E-state index in [1.165, 1.54) is 7.11 Å². The number of unbranched alkanes of at least 4 members (excludes halogenated alkanes) is 2. The average molecular weight is 274 g/mol. The lowest BCUT2D eigenvalue weighted by molar-refractivity contribution is -0.114. The third-order valence-corrected chi connectivity index (χ3v) is 2.91. The lowest BCUT2D eigenvalue weighted by atomic mass is 10.1. The Morgan fingerprint density at radius 3 is 2.75 bits per heavy atom. The second-order valence-electron chi connectivity index (χ2n) is 4.57. The van der Waals surface area contributed by atoms with Crippen LogP contribution in [0.4, 0.5) is 0 Å². The van der Waals surface area contributed by atoms with Crippen LogP contribution in [0.1, 0.15) is 38.2 Å². The normalized spacial score (nSPS) is 11.3. The Kier molecular flexibility index (Phi) is 7.18. The molecule has 0 amide bonds. The topological polar surface area (TPSA) is 46.5 Å². The highest BCUT2D eigenvalue weighted by Gasteiger charge is 1.99. The lowest BCUT2D eigenvalue weighted by Gasteiger charge is -2.02. The Morgan fingerprint density at radius 2 is 2.10 bits per heavy atom. The van der Waals surface area contributed by atoms with Crippen molar-refractivity contribution in [2.75, 3.05) is 7.11 Å². The van der Waals surface area contributed by atoms with E-state index in [0.717, 1.165) is 24.8 Å². The first-order valence-electron chi connectivity index (χ1n) is 6.92. The first-order chi connectivity index (χ1) is 9.67. The van der Waals surface area contributed by atoms with Crippen molar-refractivity contribution in [2.45, 2.75) is 32.6 Å². The molecule has 0 heterocycles. The number of carbonyl (C=O) groups is 1. The molecule has 1 N–H and O–H groups in total.